The molecular formula is C28H25N5O3. The minimum atomic E-state index is -0.188. The van der Waals surface area contributed by atoms with E-state index >= 15 is 0 Å². The van der Waals surface area contributed by atoms with Crippen LogP contribution in [0.4, 0.5) is 0 Å². The Morgan fingerprint density at radius 3 is 2.50 bits per heavy atom. The van der Waals surface area contributed by atoms with Crippen molar-refractivity contribution in [2.75, 3.05) is 0 Å². The van der Waals surface area contributed by atoms with Crippen LogP contribution in [0, 0.1) is 26.2 Å². The van der Waals surface area contributed by atoms with Crippen molar-refractivity contribution in [3.63, 3.8) is 0 Å². The molecule has 4 aromatic heterocycles. The third-order valence-corrected chi connectivity index (χ3v) is 6.27. The van der Waals surface area contributed by atoms with Gasteiger partial charge in [0.25, 0.3) is 11.1 Å². The van der Waals surface area contributed by atoms with E-state index in [0.717, 1.165) is 28.1 Å². The van der Waals surface area contributed by atoms with Crippen LogP contribution in [0.25, 0.3) is 33.3 Å². The molecule has 0 unspecified atom stereocenters. The van der Waals surface area contributed by atoms with Gasteiger partial charge in [0, 0.05) is 60.3 Å². The minimum Gasteiger partial charge on any atom is -0.455 e. The van der Waals surface area contributed by atoms with Crippen molar-refractivity contribution in [1.29, 1.82) is 0 Å². The predicted molar refractivity (Wildman–Crippen MR) is 140 cm³/mol. The Morgan fingerprint density at radius 1 is 1.03 bits per heavy atom. The second kappa shape index (κ2) is 8.78. The largest absolute Gasteiger partial charge is 0.455 e. The van der Waals surface area contributed by atoms with Crippen LogP contribution in [0.1, 0.15) is 11.1 Å². The van der Waals surface area contributed by atoms with Crippen molar-refractivity contribution in [2.45, 2.75) is 20.4 Å². The smallest absolute Gasteiger partial charge is 0.274 e. The van der Waals surface area contributed by atoms with E-state index in [0.29, 0.717) is 34.3 Å². The lowest BCUT2D eigenvalue weighted by Crippen LogP contribution is -2.18. The number of terminal acetylenes is 1. The molecule has 8 heteroatoms. The molecule has 36 heavy (non-hydrogen) atoms. The molecule has 4 heterocycles. The number of pyridine rings is 2. The molecule has 0 aliphatic heterocycles. The minimum absolute atomic E-state index is 0.183. The van der Waals surface area contributed by atoms with Crippen molar-refractivity contribution in [2.24, 2.45) is 14.1 Å². The number of fused-ring (bicyclic) bond motifs is 1. The Hall–Kier alpha value is -4.77. The maximum Gasteiger partial charge on any atom is 0.274 e. The molecular weight excluding hydrogens is 454 g/mol. The molecule has 0 spiro atoms. The number of nitrogens with zero attached hydrogens (tertiary/aromatic N) is 4. The van der Waals surface area contributed by atoms with E-state index in [2.05, 4.69) is 16.0 Å². The summed E-state index contributed by atoms with van der Waals surface area (Å²) in [5.41, 5.74) is 4.82. The fraction of sp³-hybridized carbons (Fsp3) is 0.179. The number of aryl methyl sites for hydroxylation is 4. The van der Waals surface area contributed by atoms with Gasteiger partial charge in [0.05, 0.1) is 12.4 Å². The molecule has 0 atom stereocenters. The number of rotatable bonds is 5. The average molecular weight is 480 g/mol. The van der Waals surface area contributed by atoms with E-state index in [1.165, 1.54) is 9.13 Å². The van der Waals surface area contributed by atoms with Gasteiger partial charge in [0.15, 0.2) is 5.75 Å². The molecule has 0 radical (unpaired) electrons. The molecule has 0 saturated heterocycles. The first-order valence-corrected chi connectivity index (χ1v) is 11.4. The van der Waals surface area contributed by atoms with Gasteiger partial charge < -0.3 is 18.9 Å². The van der Waals surface area contributed by atoms with Gasteiger partial charge >= 0.3 is 0 Å². The molecule has 180 valence electrons. The maximum absolute atomic E-state index is 13.0. The number of H-pyrrole nitrogens is 1. The van der Waals surface area contributed by atoms with E-state index in [1.807, 2.05) is 44.3 Å². The Balaban J connectivity index is 1.74. The first-order valence-electron chi connectivity index (χ1n) is 11.4. The molecule has 1 N–H and O–H groups in total. The quantitative estimate of drug-likeness (QED) is 0.384. The van der Waals surface area contributed by atoms with Crippen LogP contribution in [-0.4, -0.2) is 23.9 Å². The number of aromatic nitrogens is 5. The van der Waals surface area contributed by atoms with Crippen molar-refractivity contribution >= 4 is 10.9 Å². The fourth-order valence-electron chi connectivity index (χ4n) is 4.35. The van der Waals surface area contributed by atoms with Gasteiger partial charge in [-0.05, 0) is 31.0 Å². The highest BCUT2D eigenvalue weighted by Crippen LogP contribution is 2.38. The van der Waals surface area contributed by atoms with Gasteiger partial charge in [-0.1, -0.05) is 24.1 Å². The number of hydrogen-bond acceptors (Lipinski definition) is 4. The van der Waals surface area contributed by atoms with Gasteiger partial charge in [-0.15, -0.1) is 6.42 Å². The maximum atomic E-state index is 13.0. The van der Waals surface area contributed by atoms with Crippen LogP contribution in [0.5, 0.6) is 11.5 Å². The second-order valence-electron chi connectivity index (χ2n) is 8.88. The lowest BCUT2D eigenvalue weighted by atomic mass is 10.0. The summed E-state index contributed by atoms with van der Waals surface area (Å²) in [6, 6.07) is 9.37. The molecule has 8 nitrogen and oxygen atoms in total. The summed E-state index contributed by atoms with van der Waals surface area (Å²) in [4.78, 5) is 29.0. The Morgan fingerprint density at radius 2 is 1.78 bits per heavy atom. The van der Waals surface area contributed by atoms with Gasteiger partial charge in [0.2, 0.25) is 0 Å². The fourth-order valence-corrected chi connectivity index (χ4v) is 4.35. The second-order valence-corrected chi connectivity index (χ2v) is 8.88. The van der Waals surface area contributed by atoms with E-state index < -0.39 is 0 Å². The van der Waals surface area contributed by atoms with E-state index in [1.54, 1.807) is 43.4 Å². The first-order chi connectivity index (χ1) is 17.3. The normalized spacial score (nSPS) is 11.1. The van der Waals surface area contributed by atoms with Crippen LogP contribution in [0.3, 0.4) is 0 Å². The monoisotopic (exact) mass is 479 g/mol. The molecule has 0 fully saturated rings. The van der Waals surface area contributed by atoms with Gasteiger partial charge in [-0.25, -0.2) is 0 Å². The summed E-state index contributed by atoms with van der Waals surface area (Å²) < 4.78 is 11.0. The highest BCUT2D eigenvalue weighted by atomic mass is 16.5. The Labute approximate surface area is 207 Å². The lowest BCUT2D eigenvalue weighted by Gasteiger charge is -2.17. The summed E-state index contributed by atoms with van der Waals surface area (Å²) >= 11 is 0. The molecule has 0 amide bonds. The summed E-state index contributed by atoms with van der Waals surface area (Å²) in [7, 11) is 3.37. The van der Waals surface area contributed by atoms with Crippen LogP contribution < -0.4 is 15.9 Å². The summed E-state index contributed by atoms with van der Waals surface area (Å²) in [5, 5.41) is 4.96. The van der Waals surface area contributed by atoms with Crippen molar-refractivity contribution in [3.05, 3.63) is 87.0 Å². The summed E-state index contributed by atoms with van der Waals surface area (Å²) in [6.45, 7) is 4.31. The zero-order valence-corrected chi connectivity index (χ0v) is 20.5. The lowest BCUT2D eigenvalue weighted by molar-refractivity contribution is 0.470. The van der Waals surface area contributed by atoms with E-state index in [-0.39, 0.29) is 11.1 Å². The SMILES string of the molecule is C#CCn1cc(-c2cc3c(-c4cc(=O)n(C)cc4Oc4c(C)cccc4C)cn(C)c(=O)c3[nH]2)cn1. The van der Waals surface area contributed by atoms with Gasteiger partial charge in [-0.2, -0.15) is 5.10 Å². The van der Waals surface area contributed by atoms with E-state index in [9.17, 15) is 9.59 Å². The number of benzene rings is 1. The van der Waals surface area contributed by atoms with Crippen LogP contribution in [0.2, 0.25) is 0 Å². The zero-order valence-electron chi connectivity index (χ0n) is 20.5. The first kappa shape index (κ1) is 23.0. The number of nitrogens with one attached hydrogen (secondary N) is 1. The molecule has 0 aliphatic carbocycles. The molecule has 0 aliphatic rings. The third kappa shape index (κ3) is 3.91. The van der Waals surface area contributed by atoms with E-state index in [4.69, 9.17) is 11.2 Å². The number of aromatic amines is 1. The molecule has 0 bridgehead atoms. The molecule has 1 aromatic carbocycles. The van der Waals surface area contributed by atoms with Gasteiger partial charge in [0.1, 0.15) is 17.8 Å². The highest BCUT2D eigenvalue weighted by Gasteiger charge is 2.19. The van der Waals surface area contributed by atoms with Gasteiger partial charge in [-0.3, -0.25) is 14.3 Å². The Bertz CT molecular complexity index is 1770. The molecule has 5 aromatic rings. The van der Waals surface area contributed by atoms with Crippen molar-refractivity contribution in [1.82, 2.24) is 23.9 Å². The summed E-state index contributed by atoms with van der Waals surface area (Å²) in [6.07, 6.45) is 12.3. The number of ether oxygens (including phenoxy) is 1. The molecule has 0 saturated carbocycles. The van der Waals surface area contributed by atoms with Crippen molar-refractivity contribution < 1.29 is 4.74 Å². The average Bonchev–Trinajstić information content (AvgIpc) is 3.49. The zero-order chi connectivity index (χ0) is 25.6. The van der Waals surface area contributed by atoms with Crippen LogP contribution in [0.15, 0.2) is 64.7 Å². The Kier molecular flexibility index (Phi) is 5.61. The summed E-state index contributed by atoms with van der Waals surface area (Å²) in [5.74, 6) is 3.80. The number of para-hydroxylation sites is 1. The third-order valence-electron chi connectivity index (χ3n) is 6.27. The standard InChI is InChI=1S/C28H25N5O3/c1-6-10-33-14-19(13-29-33)23-11-21-22(15-32(5)28(35)26(21)30-23)20-12-25(34)31(4)16-24(20)36-27-17(2)8-7-9-18(27)3/h1,7-9,11-16,30H,10H2,2-5H3. The van der Waals surface area contributed by atoms with Crippen LogP contribution >= 0.6 is 0 Å². The number of hydrogen-bond donors (Lipinski definition) is 1. The highest BCUT2D eigenvalue weighted by molar-refractivity contribution is 5.98. The predicted octanol–water partition coefficient (Wildman–Crippen LogP) is 4.14. The topological polar surface area (TPSA) is 86.8 Å². The van der Waals surface area contributed by atoms with Crippen LogP contribution in [-0.2, 0) is 20.6 Å². The molecule has 5 rings (SSSR count). The van der Waals surface area contributed by atoms with Crippen molar-refractivity contribution in [3.8, 4) is 46.2 Å².